The third-order valence-electron chi connectivity index (χ3n) is 3.53. The van der Waals surface area contributed by atoms with E-state index in [1.807, 2.05) is 25.1 Å². The molecule has 136 valence electrons. The topological polar surface area (TPSA) is 92.7 Å². The molecule has 0 fully saturated rings. The molecular formula is C18H25IN4O2. The number of benzene rings is 1. The molecule has 0 unspecified atom stereocenters. The molecule has 0 radical (unpaired) electrons. The van der Waals surface area contributed by atoms with E-state index >= 15 is 0 Å². The molecule has 7 heteroatoms. The Morgan fingerprint density at radius 1 is 1.16 bits per heavy atom. The Balaban J connectivity index is 0.00000312. The average Bonchev–Trinajstić information content (AvgIpc) is 3.01. The third-order valence-corrected chi connectivity index (χ3v) is 3.53. The fourth-order valence-electron chi connectivity index (χ4n) is 2.20. The monoisotopic (exact) mass is 456 g/mol. The maximum Gasteiger partial charge on any atom is 0.287 e. The normalized spacial score (nSPS) is 10.8. The van der Waals surface area contributed by atoms with Crippen molar-refractivity contribution in [3.05, 3.63) is 59.5 Å². The molecule has 0 atom stereocenters. The second-order valence-corrected chi connectivity index (χ2v) is 5.47. The maximum atomic E-state index is 11.8. The van der Waals surface area contributed by atoms with Crippen LogP contribution in [0.15, 0.2) is 52.1 Å². The first-order valence-electron chi connectivity index (χ1n) is 8.07. The van der Waals surface area contributed by atoms with E-state index in [1.165, 1.54) is 11.8 Å². The number of rotatable bonds is 8. The van der Waals surface area contributed by atoms with Gasteiger partial charge in [-0.15, -0.1) is 24.0 Å². The minimum Gasteiger partial charge on any atom is -0.459 e. The summed E-state index contributed by atoms with van der Waals surface area (Å²) in [7, 11) is 0. The van der Waals surface area contributed by atoms with Crippen LogP contribution in [0, 0.1) is 6.92 Å². The van der Waals surface area contributed by atoms with E-state index in [-0.39, 0.29) is 29.9 Å². The SMILES string of the molecule is Cc1ccoc1C(=O)NCCCN=C(N)NCCc1ccccc1.I. The largest absolute Gasteiger partial charge is 0.459 e. The minimum atomic E-state index is -0.199. The summed E-state index contributed by atoms with van der Waals surface area (Å²) in [6.45, 7) is 3.67. The summed E-state index contributed by atoms with van der Waals surface area (Å²) in [6.07, 6.45) is 3.12. The molecule has 0 aliphatic rings. The van der Waals surface area contributed by atoms with Crippen molar-refractivity contribution in [1.82, 2.24) is 10.6 Å². The second-order valence-electron chi connectivity index (χ2n) is 5.47. The molecule has 0 aliphatic heterocycles. The molecule has 1 aromatic carbocycles. The quantitative estimate of drug-likeness (QED) is 0.246. The van der Waals surface area contributed by atoms with Gasteiger partial charge in [-0.3, -0.25) is 9.79 Å². The second kappa shape index (κ2) is 11.5. The van der Waals surface area contributed by atoms with Crippen LogP contribution in [0.1, 0.15) is 28.1 Å². The van der Waals surface area contributed by atoms with Gasteiger partial charge in [0.15, 0.2) is 11.7 Å². The molecule has 0 saturated heterocycles. The van der Waals surface area contributed by atoms with Gasteiger partial charge in [0.05, 0.1) is 6.26 Å². The summed E-state index contributed by atoms with van der Waals surface area (Å²) in [6, 6.07) is 12.0. The zero-order chi connectivity index (χ0) is 17.2. The Morgan fingerprint density at radius 3 is 2.60 bits per heavy atom. The van der Waals surface area contributed by atoms with Gasteiger partial charge >= 0.3 is 0 Å². The van der Waals surface area contributed by atoms with Crippen LogP contribution in [0.3, 0.4) is 0 Å². The van der Waals surface area contributed by atoms with Crippen molar-refractivity contribution in [2.45, 2.75) is 19.8 Å². The summed E-state index contributed by atoms with van der Waals surface area (Å²) in [5, 5.41) is 5.89. The number of halogens is 1. The molecule has 2 aromatic rings. The molecule has 0 saturated carbocycles. The first-order valence-corrected chi connectivity index (χ1v) is 8.07. The highest BCUT2D eigenvalue weighted by atomic mass is 127. The van der Waals surface area contributed by atoms with Crippen LogP contribution in [0.5, 0.6) is 0 Å². The highest BCUT2D eigenvalue weighted by Gasteiger charge is 2.11. The summed E-state index contributed by atoms with van der Waals surface area (Å²) in [5.74, 6) is 0.593. The van der Waals surface area contributed by atoms with Gasteiger partial charge in [-0.1, -0.05) is 30.3 Å². The molecule has 6 nitrogen and oxygen atoms in total. The summed E-state index contributed by atoms with van der Waals surface area (Å²) < 4.78 is 5.13. The van der Waals surface area contributed by atoms with E-state index in [2.05, 4.69) is 27.8 Å². The lowest BCUT2D eigenvalue weighted by atomic mass is 10.1. The predicted octanol–water partition coefficient (Wildman–Crippen LogP) is 2.47. The van der Waals surface area contributed by atoms with Crippen molar-refractivity contribution < 1.29 is 9.21 Å². The number of furan rings is 1. The van der Waals surface area contributed by atoms with E-state index in [4.69, 9.17) is 10.2 Å². The molecule has 1 aromatic heterocycles. The maximum absolute atomic E-state index is 11.8. The van der Waals surface area contributed by atoms with Crippen molar-refractivity contribution in [3.63, 3.8) is 0 Å². The first kappa shape index (κ1) is 21.0. The van der Waals surface area contributed by atoms with Crippen LogP contribution < -0.4 is 16.4 Å². The summed E-state index contributed by atoms with van der Waals surface area (Å²) in [5.41, 5.74) is 7.90. The van der Waals surface area contributed by atoms with Crippen LogP contribution in [-0.2, 0) is 6.42 Å². The zero-order valence-electron chi connectivity index (χ0n) is 14.3. The predicted molar refractivity (Wildman–Crippen MR) is 110 cm³/mol. The molecule has 0 spiro atoms. The number of nitrogens with two attached hydrogens (primary N) is 1. The Kier molecular flexibility index (Phi) is 9.68. The molecule has 0 bridgehead atoms. The number of guanidine groups is 1. The van der Waals surface area contributed by atoms with Gasteiger partial charge in [0.2, 0.25) is 0 Å². The number of aliphatic imine (C=N–C) groups is 1. The van der Waals surface area contributed by atoms with Gasteiger partial charge < -0.3 is 20.8 Å². The fourth-order valence-corrected chi connectivity index (χ4v) is 2.20. The van der Waals surface area contributed by atoms with Gasteiger partial charge in [0.25, 0.3) is 5.91 Å². The number of nitrogens with zero attached hydrogens (tertiary/aromatic N) is 1. The van der Waals surface area contributed by atoms with Crippen molar-refractivity contribution in [3.8, 4) is 0 Å². The van der Waals surface area contributed by atoms with E-state index in [9.17, 15) is 4.79 Å². The standard InChI is InChI=1S/C18H24N4O2.HI/c1-14-9-13-24-16(14)17(23)20-10-5-11-21-18(19)22-12-8-15-6-3-2-4-7-15;/h2-4,6-7,9,13H,5,8,10-12H2,1H3,(H,20,23)(H3,19,21,22);1H. The Morgan fingerprint density at radius 2 is 1.92 bits per heavy atom. The fraction of sp³-hybridized carbons (Fsp3) is 0.333. The van der Waals surface area contributed by atoms with Crippen molar-refractivity contribution in [2.24, 2.45) is 10.7 Å². The Labute approximate surface area is 165 Å². The van der Waals surface area contributed by atoms with Gasteiger partial charge in [-0.05, 0) is 31.4 Å². The van der Waals surface area contributed by atoms with Crippen molar-refractivity contribution in [1.29, 1.82) is 0 Å². The number of carbonyl (C=O) groups excluding carboxylic acids is 1. The summed E-state index contributed by atoms with van der Waals surface area (Å²) >= 11 is 0. The Hall–Kier alpha value is -2.03. The number of carbonyl (C=O) groups is 1. The lowest BCUT2D eigenvalue weighted by molar-refractivity contribution is 0.0925. The molecule has 2 rings (SSSR count). The number of hydrogen-bond acceptors (Lipinski definition) is 3. The minimum absolute atomic E-state index is 0. The molecule has 1 heterocycles. The van der Waals surface area contributed by atoms with E-state index in [0.717, 1.165) is 18.5 Å². The molecule has 0 aliphatic carbocycles. The van der Waals surface area contributed by atoms with Crippen molar-refractivity contribution >= 4 is 35.8 Å². The molecule has 1 amide bonds. The first-order chi connectivity index (χ1) is 11.7. The number of aryl methyl sites for hydroxylation is 1. The van der Waals surface area contributed by atoms with E-state index in [0.29, 0.717) is 31.2 Å². The Bertz CT molecular complexity index is 671. The van der Waals surface area contributed by atoms with E-state index < -0.39 is 0 Å². The summed E-state index contributed by atoms with van der Waals surface area (Å²) in [4.78, 5) is 16.1. The number of hydrogen-bond donors (Lipinski definition) is 3. The van der Waals surface area contributed by atoms with Crippen LogP contribution in [0.2, 0.25) is 0 Å². The zero-order valence-corrected chi connectivity index (χ0v) is 16.7. The highest BCUT2D eigenvalue weighted by molar-refractivity contribution is 14.0. The van der Waals surface area contributed by atoms with E-state index in [1.54, 1.807) is 6.07 Å². The smallest absolute Gasteiger partial charge is 0.287 e. The third kappa shape index (κ3) is 7.59. The van der Waals surface area contributed by atoms with Gasteiger partial charge in [0.1, 0.15) is 0 Å². The molecular weight excluding hydrogens is 431 g/mol. The van der Waals surface area contributed by atoms with Gasteiger partial charge in [-0.25, -0.2) is 0 Å². The lowest BCUT2D eigenvalue weighted by Gasteiger charge is -2.06. The highest BCUT2D eigenvalue weighted by Crippen LogP contribution is 2.07. The van der Waals surface area contributed by atoms with Crippen LogP contribution in [0.25, 0.3) is 0 Å². The molecule has 25 heavy (non-hydrogen) atoms. The number of nitrogens with one attached hydrogen (secondary N) is 2. The molecule has 4 N–H and O–H groups in total. The van der Waals surface area contributed by atoms with Crippen LogP contribution >= 0.6 is 24.0 Å². The van der Waals surface area contributed by atoms with Gasteiger partial charge in [-0.2, -0.15) is 0 Å². The number of amides is 1. The van der Waals surface area contributed by atoms with Crippen LogP contribution in [0.4, 0.5) is 0 Å². The lowest BCUT2D eigenvalue weighted by Crippen LogP contribution is -2.33. The average molecular weight is 456 g/mol. The van der Waals surface area contributed by atoms with Crippen molar-refractivity contribution in [2.75, 3.05) is 19.6 Å². The van der Waals surface area contributed by atoms with Gasteiger partial charge in [0, 0.05) is 25.2 Å². The van der Waals surface area contributed by atoms with Crippen LogP contribution in [-0.4, -0.2) is 31.5 Å².